The fraction of sp³-hybridized carbons (Fsp3) is 0.833. The van der Waals surface area contributed by atoms with Crippen molar-refractivity contribution < 1.29 is 14.4 Å². The van der Waals surface area contributed by atoms with E-state index in [0.29, 0.717) is 18.8 Å². The molecule has 1 heterocycles. The molecule has 4 amide bonds. The van der Waals surface area contributed by atoms with Gasteiger partial charge in [0.05, 0.1) is 0 Å². The highest BCUT2D eigenvalue weighted by molar-refractivity contribution is 6.09. The van der Waals surface area contributed by atoms with Gasteiger partial charge in [0.15, 0.2) is 0 Å². The Hall–Kier alpha value is -1.59. The van der Waals surface area contributed by atoms with Gasteiger partial charge in [-0.15, -0.1) is 0 Å². The van der Waals surface area contributed by atoms with E-state index in [1.54, 1.807) is 0 Å². The molecule has 6 nitrogen and oxygen atoms in total. The van der Waals surface area contributed by atoms with Crippen LogP contribution in [0.1, 0.15) is 72.1 Å². The lowest BCUT2D eigenvalue weighted by Gasteiger charge is -2.30. The van der Waals surface area contributed by atoms with E-state index in [1.807, 2.05) is 13.8 Å². The van der Waals surface area contributed by atoms with E-state index in [1.165, 1.54) is 6.42 Å². The molecule has 1 aliphatic carbocycles. The molecule has 0 unspecified atom stereocenters. The number of carbonyl (C=O) groups excluding carboxylic acids is 3. The van der Waals surface area contributed by atoms with Crippen LogP contribution in [0.4, 0.5) is 4.79 Å². The lowest BCUT2D eigenvalue weighted by Crippen LogP contribution is -2.49. The normalized spacial score (nSPS) is 26.4. The van der Waals surface area contributed by atoms with Crippen LogP contribution in [0, 0.1) is 5.92 Å². The minimum atomic E-state index is -0.820. The summed E-state index contributed by atoms with van der Waals surface area (Å²) in [5.41, 5.74) is -0.820. The SMILES string of the molecule is CCCC1(CCC)NC(=O)N(CC(=O)N[C@@H]2CCCC[C@@H]2C)C1=O. The standard InChI is InChI=1S/C18H31N3O3/c1-4-10-18(11-5-2)16(23)21(17(24)20-18)12-15(22)19-14-9-7-6-8-13(14)3/h13-14H,4-12H2,1-3H3,(H,19,22)(H,20,24)/t13-,14+/m0/s1. The van der Waals surface area contributed by atoms with Gasteiger partial charge < -0.3 is 10.6 Å². The second kappa shape index (κ2) is 7.99. The molecule has 0 radical (unpaired) electrons. The van der Waals surface area contributed by atoms with Crippen molar-refractivity contribution in [2.24, 2.45) is 5.92 Å². The second-order valence-electron chi connectivity index (χ2n) is 7.34. The third-order valence-corrected chi connectivity index (χ3v) is 5.36. The van der Waals surface area contributed by atoms with Crippen molar-refractivity contribution in [3.05, 3.63) is 0 Å². The predicted octanol–water partition coefficient (Wildman–Crippen LogP) is 2.57. The molecular weight excluding hydrogens is 306 g/mol. The first-order chi connectivity index (χ1) is 11.4. The lowest BCUT2D eigenvalue weighted by atomic mass is 9.86. The highest BCUT2D eigenvalue weighted by atomic mass is 16.2. The predicted molar refractivity (Wildman–Crippen MR) is 92.4 cm³/mol. The van der Waals surface area contributed by atoms with Crippen molar-refractivity contribution in [2.75, 3.05) is 6.54 Å². The van der Waals surface area contributed by atoms with E-state index in [0.717, 1.165) is 37.0 Å². The molecule has 2 atom stereocenters. The molecule has 1 saturated heterocycles. The molecule has 2 N–H and O–H groups in total. The molecule has 136 valence electrons. The monoisotopic (exact) mass is 337 g/mol. The van der Waals surface area contributed by atoms with E-state index in [-0.39, 0.29) is 24.4 Å². The molecule has 0 aromatic carbocycles. The first-order valence-corrected chi connectivity index (χ1v) is 9.37. The number of hydrogen-bond donors (Lipinski definition) is 2. The zero-order chi connectivity index (χ0) is 17.7. The van der Waals surface area contributed by atoms with Gasteiger partial charge in [0.25, 0.3) is 5.91 Å². The van der Waals surface area contributed by atoms with E-state index >= 15 is 0 Å². The van der Waals surface area contributed by atoms with Gasteiger partial charge in [-0.05, 0) is 31.6 Å². The van der Waals surface area contributed by atoms with Crippen molar-refractivity contribution in [1.82, 2.24) is 15.5 Å². The molecule has 1 saturated carbocycles. The summed E-state index contributed by atoms with van der Waals surface area (Å²) in [5, 5.41) is 5.86. The maximum atomic E-state index is 12.8. The second-order valence-corrected chi connectivity index (χ2v) is 7.34. The Balaban J connectivity index is 1.99. The number of urea groups is 1. The van der Waals surface area contributed by atoms with E-state index in [4.69, 9.17) is 0 Å². The number of carbonyl (C=O) groups is 3. The van der Waals surface area contributed by atoms with Gasteiger partial charge in [-0.25, -0.2) is 4.79 Å². The van der Waals surface area contributed by atoms with Crippen molar-refractivity contribution in [2.45, 2.75) is 83.7 Å². The fourth-order valence-corrected chi connectivity index (χ4v) is 4.06. The molecule has 0 spiro atoms. The Morgan fingerprint density at radius 1 is 1.21 bits per heavy atom. The third-order valence-electron chi connectivity index (χ3n) is 5.36. The fourth-order valence-electron chi connectivity index (χ4n) is 4.06. The quantitative estimate of drug-likeness (QED) is 0.701. The Morgan fingerprint density at radius 2 is 1.83 bits per heavy atom. The highest BCUT2D eigenvalue weighted by Gasteiger charge is 2.50. The van der Waals surface area contributed by atoms with Crippen LogP contribution < -0.4 is 10.6 Å². The molecule has 2 rings (SSSR count). The van der Waals surface area contributed by atoms with Gasteiger partial charge in [0.2, 0.25) is 5.91 Å². The molecule has 0 bridgehead atoms. The first kappa shape index (κ1) is 18.7. The summed E-state index contributed by atoms with van der Waals surface area (Å²) in [5.74, 6) is -0.0332. The molecule has 1 aliphatic heterocycles. The molecule has 2 aliphatic rings. The Morgan fingerprint density at radius 3 is 2.42 bits per heavy atom. The zero-order valence-corrected chi connectivity index (χ0v) is 15.2. The molecule has 2 fully saturated rings. The van der Waals surface area contributed by atoms with Crippen molar-refractivity contribution in [1.29, 1.82) is 0 Å². The average Bonchev–Trinajstić information content (AvgIpc) is 2.75. The lowest BCUT2D eigenvalue weighted by molar-refractivity contribution is -0.135. The summed E-state index contributed by atoms with van der Waals surface area (Å²) in [6.07, 6.45) is 7.27. The maximum absolute atomic E-state index is 12.8. The number of nitrogens with zero attached hydrogens (tertiary/aromatic N) is 1. The summed E-state index contributed by atoms with van der Waals surface area (Å²) in [6.45, 7) is 5.96. The van der Waals surface area contributed by atoms with Crippen molar-refractivity contribution >= 4 is 17.8 Å². The molecule has 24 heavy (non-hydrogen) atoms. The first-order valence-electron chi connectivity index (χ1n) is 9.37. The summed E-state index contributed by atoms with van der Waals surface area (Å²) in [6, 6.07) is -0.281. The maximum Gasteiger partial charge on any atom is 0.325 e. The summed E-state index contributed by atoms with van der Waals surface area (Å²) in [7, 11) is 0. The van der Waals surface area contributed by atoms with Gasteiger partial charge >= 0.3 is 6.03 Å². The molecular formula is C18H31N3O3. The topological polar surface area (TPSA) is 78.5 Å². The Kier molecular flexibility index (Phi) is 6.24. The number of rotatable bonds is 7. The molecule has 6 heteroatoms. The van der Waals surface area contributed by atoms with Crippen LogP contribution in [0.5, 0.6) is 0 Å². The number of nitrogens with one attached hydrogen (secondary N) is 2. The van der Waals surface area contributed by atoms with Gasteiger partial charge in [-0.3, -0.25) is 14.5 Å². The molecule has 0 aromatic rings. The van der Waals surface area contributed by atoms with Crippen molar-refractivity contribution in [3.63, 3.8) is 0 Å². The van der Waals surface area contributed by atoms with E-state index in [9.17, 15) is 14.4 Å². The minimum Gasteiger partial charge on any atom is -0.352 e. The van der Waals surface area contributed by atoms with Crippen LogP contribution in [0.25, 0.3) is 0 Å². The van der Waals surface area contributed by atoms with Crippen LogP contribution in [0.15, 0.2) is 0 Å². The third kappa shape index (κ3) is 3.90. The van der Waals surface area contributed by atoms with Gasteiger partial charge in [-0.2, -0.15) is 0 Å². The van der Waals surface area contributed by atoms with Crippen molar-refractivity contribution in [3.8, 4) is 0 Å². The smallest absolute Gasteiger partial charge is 0.325 e. The average molecular weight is 337 g/mol. The zero-order valence-electron chi connectivity index (χ0n) is 15.2. The Bertz CT molecular complexity index is 486. The van der Waals surface area contributed by atoms with Gasteiger partial charge in [-0.1, -0.05) is 46.5 Å². The largest absolute Gasteiger partial charge is 0.352 e. The van der Waals surface area contributed by atoms with Crippen LogP contribution in [-0.4, -0.2) is 40.9 Å². The van der Waals surface area contributed by atoms with E-state index in [2.05, 4.69) is 17.6 Å². The van der Waals surface area contributed by atoms with E-state index < -0.39 is 11.6 Å². The van der Waals surface area contributed by atoms with Crippen LogP contribution in [0.2, 0.25) is 0 Å². The molecule has 0 aromatic heterocycles. The van der Waals surface area contributed by atoms with Crippen LogP contribution >= 0.6 is 0 Å². The number of amides is 4. The van der Waals surface area contributed by atoms with Gasteiger partial charge in [0, 0.05) is 6.04 Å². The number of hydrogen-bond acceptors (Lipinski definition) is 3. The number of imide groups is 1. The Labute approximate surface area is 144 Å². The highest BCUT2D eigenvalue weighted by Crippen LogP contribution is 2.28. The van der Waals surface area contributed by atoms with Crippen LogP contribution in [0.3, 0.4) is 0 Å². The summed E-state index contributed by atoms with van der Waals surface area (Å²) < 4.78 is 0. The van der Waals surface area contributed by atoms with Crippen LogP contribution in [-0.2, 0) is 9.59 Å². The van der Waals surface area contributed by atoms with Gasteiger partial charge in [0.1, 0.15) is 12.1 Å². The minimum absolute atomic E-state index is 0.156. The summed E-state index contributed by atoms with van der Waals surface area (Å²) >= 11 is 0. The summed E-state index contributed by atoms with van der Waals surface area (Å²) in [4.78, 5) is 38.5.